The summed E-state index contributed by atoms with van der Waals surface area (Å²) in [5.74, 6) is -0.440. The Hall–Kier alpha value is -3.27. The Balaban J connectivity index is 1.48. The van der Waals surface area contributed by atoms with Crippen molar-refractivity contribution in [1.29, 1.82) is 0 Å². The predicted octanol–water partition coefficient (Wildman–Crippen LogP) is 1.94. The smallest absolute Gasteiger partial charge is 0.414 e. The normalized spacial score (nSPS) is 16.1. The van der Waals surface area contributed by atoms with Crippen LogP contribution in [0.25, 0.3) is 5.69 Å². The molecule has 1 aliphatic heterocycles. The van der Waals surface area contributed by atoms with Gasteiger partial charge in [0.1, 0.15) is 12.3 Å². The zero-order valence-corrected chi connectivity index (χ0v) is 16.5. The lowest BCUT2D eigenvalue weighted by molar-refractivity contribution is -0.596. The molecule has 0 bridgehead atoms. The highest BCUT2D eigenvalue weighted by atomic mass is 32.1. The molecule has 29 heavy (non-hydrogen) atoms. The lowest BCUT2D eigenvalue weighted by Gasteiger charge is -2.13. The molecular formula is C19H20FN6O2S+. The number of nitrogens with one attached hydrogen (secondary N) is 2. The van der Waals surface area contributed by atoms with Crippen LogP contribution in [-0.2, 0) is 11.3 Å². The first kappa shape index (κ1) is 19.1. The van der Waals surface area contributed by atoms with Gasteiger partial charge < -0.3 is 14.6 Å². The van der Waals surface area contributed by atoms with E-state index in [-0.39, 0.29) is 6.10 Å². The summed E-state index contributed by atoms with van der Waals surface area (Å²) in [6.45, 7) is 3.12. The number of H-pyrrole nitrogens is 1. The highest BCUT2D eigenvalue weighted by Crippen LogP contribution is 2.24. The van der Waals surface area contributed by atoms with Crippen LogP contribution in [0.3, 0.4) is 0 Å². The van der Waals surface area contributed by atoms with E-state index in [2.05, 4.69) is 15.3 Å². The molecule has 4 rings (SSSR count). The van der Waals surface area contributed by atoms with Crippen LogP contribution in [0.4, 0.5) is 14.9 Å². The molecule has 0 unspecified atom stereocenters. The van der Waals surface area contributed by atoms with E-state index in [9.17, 15) is 9.18 Å². The summed E-state index contributed by atoms with van der Waals surface area (Å²) in [6.07, 6.45) is 7.94. The first-order valence-corrected chi connectivity index (χ1v) is 9.47. The molecule has 10 heteroatoms. The van der Waals surface area contributed by atoms with E-state index in [1.165, 1.54) is 11.0 Å². The third-order valence-electron chi connectivity index (χ3n) is 4.57. The van der Waals surface area contributed by atoms with Crippen LogP contribution in [0.1, 0.15) is 12.6 Å². The van der Waals surface area contributed by atoms with Crippen LogP contribution in [0.2, 0.25) is 0 Å². The van der Waals surface area contributed by atoms with Gasteiger partial charge in [0, 0.05) is 18.5 Å². The Bertz CT molecular complexity index is 1040. The van der Waals surface area contributed by atoms with Crippen LogP contribution in [-0.4, -0.2) is 44.8 Å². The van der Waals surface area contributed by atoms with E-state index in [0.717, 1.165) is 5.69 Å². The van der Waals surface area contributed by atoms with Gasteiger partial charge in [0.2, 0.25) is 6.33 Å². The first-order valence-electron chi connectivity index (χ1n) is 9.06. The standard InChI is InChI=1S/C19H19FN6O2S/c1-13(29)22-7-16-10-26(19(27)28-16)15-2-3-18(17(20)6-15)25-9-14(23-12-25)8-24-5-4-21-11-24/h2-6,9,11-12,16H,7-8,10H2,1H3,(H,22,29)/p+1/t16-/m0/s1. The van der Waals surface area contributed by atoms with Gasteiger partial charge in [-0.1, -0.05) is 12.2 Å². The number of halogens is 1. The van der Waals surface area contributed by atoms with Crippen molar-refractivity contribution in [2.75, 3.05) is 18.0 Å². The molecule has 8 nitrogen and oxygen atoms in total. The molecule has 1 fully saturated rings. The van der Waals surface area contributed by atoms with Crippen LogP contribution in [0, 0.1) is 5.82 Å². The van der Waals surface area contributed by atoms with Gasteiger partial charge in [-0.15, -0.1) is 0 Å². The maximum Gasteiger partial charge on any atom is 0.414 e. The van der Waals surface area contributed by atoms with E-state index in [4.69, 9.17) is 17.0 Å². The second-order valence-electron chi connectivity index (χ2n) is 6.76. The topological polar surface area (TPSA) is 79.1 Å². The highest BCUT2D eigenvalue weighted by Gasteiger charge is 2.32. The fourth-order valence-corrected chi connectivity index (χ4v) is 3.25. The Morgan fingerprint density at radius 3 is 3.10 bits per heavy atom. The monoisotopic (exact) mass is 415 g/mol. The average molecular weight is 415 g/mol. The quantitative estimate of drug-likeness (QED) is 0.475. The molecular weight excluding hydrogens is 395 g/mol. The van der Waals surface area contributed by atoms with E-state index in [0.29, 0.717) is 36.0 Å². The molecule has 1 amide bonds. The summed E-state index contributed by atoms with van der Waals surface area (Å²) in [6, 6.07) is 4.68. The largest absolute Gasteiger partial charge is 0.442 e. The second kappa shape index (κ2) is 8.00. The third kappa shape index (κ3) is 4.27. The number of cyclic esters (lactones) is 1. The third-order valence-corrected chi connectivity index (χ3v) is 4.71. The Morgan fingerprint density at radius 2 is 2.38 bits per heavy atom. The number of ether oxygens (including phenoxy) is 1. The molecule has 1 saturated heterocycles. The number of hydrogen-bond acceptors (Lipinski definition) is 4. The number of hydrogen-bond donors (Lipinski definition) is 2. The molecule has 0 saturated carbocycles. The number of rotatable bonds is 6. The summed E-state index contributed by atoms with van der Waals surface area (Å²) in [5, 5.41) is 2.98. The molecule has 1 aromatic carbocycles. The van der Waals surface area contributed by atoms with E-state index in [1.807, 2.05) is 17.0 Å². The number of amides is 1. The van der Waals surface area contributed by atoms with Crippen molar-refractivity contribution in [3.8, 4) is 5.69 Å². The van der Waals surface area contributed by atoms with Gasteiger partial charge in [0.15, 0.2) is 17.2 Å². The van der Waals surface area contributed by atoms with Crippen molar-refractivity contribution in [1.82, 2.24) is 19.9 Å². The molecule has 1 atom stereocenters. The van der Waals surface area contributed by atoms with Crippen molar-refractivity contribution in [2.24, 2.45) is 0 Å². The Labute approximate surface area is 171 Å². The number of thiocarbonyl (C=S) groups is 1. The summed E-state index contributed by atoms with van der Waals surface area (Å²) in [5.41, 5.74) is 1.73. The van der Waals surface area contributed by atoms with E-state index in [1.54, 1.807) is 42.5 Å². The predicted molar refractivity (Wildman–Crippen MR) is 108 cm³/mol. The molecule has 0 spiro atoms. The molecule has 3 aromatic rings. The molecule has 2 N–H and O–H groups in total. The van der Waals surface area contributed by atoms with E-state index < -0.39 is 11.9 Å². The molecule has 1 aliphatic rings. The minimum atomic E-state index is -0.497. The van der Waals surface area contributed by atoms with Gasteiger partial charge in [-0.05, 0) is 19.1 Å². The summed E-state index contributed by atoms with van der Waals surface area (Å²) >= 11 is 4.97. The van der Waals surface area contributed by atoms with Gasteiger partial charge in [-0.2, -0.15) is 4.57 Å². The fraction of sp³-hybridized carbons (Fsp3) is 0.263. The van der Waals surface area contributed by atoms with Crippen LogP contribution in [0.15, 0.2) is 49.4 Å². The zero-order chi connectivity index (χ0) is 20.4. The van der Waals surface area contributed by atoms with Gasteiger partial charge in [0.25, 0.3) is 0 Å². The number of anilines is 1. The summed E-state index contributed by atoms with van der Waals surface area (Å²) in [7, 11) is 0. The number of imidazole rings is 2. The molecule has 150 valence electrons. The van der Waals surface area contributed by atoms with E-state index >= 15 is 0 Å². The Kier molecular flexibility index (Phi) is 5.26. The number of carbonyl (C=O) groups excluding carboxylic acids is 1. The lowest BCUT2D eigenvalue weighted by Crippen LogP contribution is -2.33. The number of aromatic amines is 1. The van der Waals surface area contributed by atoms with Crippen LogP contribution >= 0.6 is 12.2 Å². The lowest BCUT2D eigenvalue weighted by atomic mass is 10.2. The first-order chi connectivity index (χ1) is 14.0. The van der Waals surface area contributed by atoms with Crippen molar-refractivity contribution < 1.29 is 18.5 Å². The Morgan fingerprint density at radius 1 is 1.52 bits per heavy atom. The van der Waals surface area contributed by atoms with Gasteiger partial charge in [0.05, 0.1) is 36.6 Å². The van der Waals surface area contributed by atoms with Gasteiger partial charge in [-0.25, -0.2) is 19.2 Å². The number of nitrogens with zero attached hydrogens (tertiary/aromatic N) is 4. The molecule has 0 aliphatic carbocycles. The van der Waals surface area contributed by atoms with Crippen LogP contribution in [0.5, 0.6) is 0 Å². The average Bonchev–Trinajstić information content (AvgIpc) is 3.42. The summed E-state index contributed by atoms with van der Waals surface area (Å²) in [4.78, 5) is 21.3. The fourth-order valence-electron chi connectivity index (χ4n) is 3.17. The minimum absolute atomic E-state index is 0.333. The molecule has 0 radical (unpaired) electrons. The number of aromatic nitrogens is 4. The molecule has 2 aromatic heterocycles. The van der Waals surface area contributed by atoms with Gasteiger partial charge in [-0.3, -0.25) is 4.90 Å². The van der Waals surface area contributed by atoms with Crippen molar-refractivity contribution in [2.45, 2.75) is 19.6 Å². The van der Waals surface area contributed by atoms with Crippen molar-refractivity contribution in [3.05, 3.63) is 61.0 Å². The van der Waals surface area contributed by atoms with Gasteiger partial charge >= 0.3 is 6.09 Å². The minimum Gasteiger partial charge on any atom is -0.442 e. The summed E-state index contributed by atoms with van der Waals surface area (Å²) < 4.78 is 23.7. The van der Waals surface area contributed by atoms with Crippen LogP contribution < -0.4 is 14.8 Å². The number of benzene rings is 1. The highest BCUT2D eigenvalue weighted by molar-refractivity contribution is 7.80. The maximum absolute atomic E-state index is 14.8. The van der Waals surface area contributed by atoms with Crippen molar-refractivity contribution in [3.63, 3.8) is 0 Å². The number of carbonyl (C=O) groups is 1. The zero-order valence-electron chi connectivity index (χ0n) is 15.7. The molecule has 3 heterocycles. The second-order valence-corrected chi connectivity index (χ2v) is 7.37. The SMILES string of the molecule is CC(=S)NC[C@H]1CN(c2ccc(-[n+]3c[nH]c(Cn4ccnc4)c3)c(F)c2)C(=O)O1. The maximum atomic E-state index is 14.8. The van der Waals surface area contributed by atoms with Crippen molar-refractivity contribution >= 4 is 29.0 Å².